The van der Waals surface area contributed by atoms with E-state index in [0.29, 0.717) is 12.1 Å². The summed E-state index contributed by atoms with van der Waals surface area (Å²) in [6.07, 6.45) is -0.758. The lowest BCUT2D eigenvalue weighted by Crippen LogP contribution is -2.12. The molecule has 1 atom stereocenters. The fourth-order valence-corrected chi connectivity index (χ4v) is 1.84. The highest BCUT2D eigenvalue weighted by Gasteiger charge is 2.10. The Balaban J connectivity index is 2.03. The summed E-state index contributed by atoms with van der Waals surface area (Å²) in [6, 6.07) is 12.1. The zero-order chi connectivity index (χ0) is 13.8. The van der Waals surface area contributed by atoms with Gasteiger partial charge in [0.15, 0.2) is 11.5 Å². The number of hydrogen-bond donors (Lipinski definition) is 4. The van der Waals surface area contributed by atoms with Crippen LogP contribution in [0.25, 0.3) is 0 Å². The van der Waals surface area contributed by atoms with Gasteiger partial charge in [0.2, 0.25) is 0 Å². The highest BCUT2D eigenvalue weighted by molar-refractivity contribution is 5.50. The number of para-hydroxylation sites is 1. The molecule has 1 unspecified atom stereocenters. The summed E-state index contributed by atoms with van der Waals surface area (Å²) in [7, 11) is 0. The Kier molecular flexibility index (Phi) is 3.92. The summed E-state index contributed by atoms with van der Waals surface area (Å²) in [6.45, 7) is 2.32. The van der Waals surface area contributed by atoms with Crippen molar-refractivity contribution in [2.45, 2.75) is 13.0 Å². The molecule has 100 valence electrons. The Morgan fingerprint density at radius 2 is 1.79 bits per heavy atom. The number of aromatic hydroxyl groups is 2. The molecule has 0 saturated heterocycles. The van der Waals surface area contributed by atoms with E-state index in [9.17, 15) is 15.3 Å². The highest BCUT2D eigenvalue weighted by atomic mass is 16.3. The summed E-state index contributed by atoms with van der Waals surface area (Å²) in [5.41, 5.74) is 2.61. The second-order valence-corrected chi connectivity index (χ2v) is 4.46. The van der Waals surface area contributed by atoms with Crippen LogP contribution in [0.3, 0.4) is 0 Å². The van der Waals surface area contributed by atoms with Crippen molar-refractivity contribution in [3.8, 4) is 11.5 Å². The quantitative estimate of drug-likeness (QED) is 0.637. The van der Waals surface area contributed by atoms with Crippen molar-refractivity contribution in [3.05, 3.63) is 53.6 Å². The maximum Gasteiger partial charge on any atom is 0.157 e. The summed E-state index contributed by atoms with van der Waals surface area (Å²) in [5.74, 6) is -0.421. The maximum absolute atomic E-state index is 10.0. The van der Waals surface area contributed by atoms with E-state index in [0.717, 1.165) is 11.3 Å². The molecule has 4 heteroatoms. The van der Waals surface area contributed by atoms with Gasteiger partial charge in [-0.25, -0.2) is 0 Å². The summed E-state index contributed by atoms with van der Waals surface area (Å²) < 4.78 is 0. The molecule has 0 aromatic heterocycles. The fraction of sp³-hybridized carbons (Fsp3) is 0.200. The molecule has 0 radical (unpaired) electrons. The van der Waals surface area contributed by atoms with Crippen molar-refractivity contribution >= 4 is 5.69 Å². The second-order valence-electron chi connectivity index (χ2n) is 4.46. The van der Waals surface area contributed by atoms with Gasteiger partial charge < -0.3 is 20.6 Å². The van der Waals surface area contributed by atoms with E-state index in [1.165, 1.54) is 12.1 Å². The minimum atomic E-state index is -0.758. The van der Waals surface area contributed by atoms with E-state index in [1.807, 2.05) is 31.2 Å². The highest BCUT2D eigenvalue weighted by Crippen LogP contribution is 2.28. The predicted molar refractivity (Wildman–Crippen MR) is 74.4 cm³/mol. The molecular formula is C15H17NO3. The lowest BCUT2D eigenvalue weighted by molar-refractivity contribution is 0.191. The van der Waals surface area contributed by atoms with Crippen molar-refractivity contribution in [3.63, 3.8) is 0 Å². The molecule has 2 aromatic rings. The van der Waals surface area contributed by atoms with Gasteiger partial charge in [0.1, 0.15) is 0 Å². The molecule has 2 aromatic carbocycles. The number of aliphatic hydroxyl groups excluding tert-OH is 1. The van der Waals surface area contributed by atoms with E-state index >= 15 is 0 Å². The Hall–Kier alpha value is -2.20. The van der Waals surface area contributed by atoms with Crippen molar-refractivity contribution in [1.29, 1.82) is 0 Å². The Bertz CT molecular complexity index is 569. The molecule has 0 spiro atoms. The topological polar surface area (TPSA) is 72.7 Å². The van der Waals surface area contributed by atoms with Crippen LogP contribution in [-0.4, -0.2) is 21.9 Å². The number of phenolic OH excluding ortho intramolecular Hbond substituents is 2. The molecule has 2 rings (SSSR count). The van der Waals surface area contributed by atoms with Gasteiger partial charge in [-0.3, -0.25) is 0 Å². The lowest BCUT2D eigenvalue weighted by atomic mass is 10.1. The first-order chi connectivity index (χ1) is 9.08. The third-order valence-corrected chi connectivity index (χ3v) is 3.02. The first kappa shape index (κ1) is 13.2. The molecule has 0 heterocycles. The van der Waals surface area contributed by atoms with E-state index in [4.69, 9.17) is 0 Å². The third-order valence-electron chi connectivity index (χ3n) is 3.02. The van der Waals surface area contributed by atoms with Gasteiger partial charge in [0.05, 0.1) is 6.10 Å². The van der Waals surface area contributed by atoms with Gasteiger partial charge in [-0.15, -0.1) is 0 Å². The van der Waals surface area contributed by atoms with Gasteiger partial charge in [0, 0.05) is 12.2 Å². The average Bonchev–Trinajstić information content (AvgIpc) is 2.40. The normalized spacial score (nSPS) is 12.1. The molecule has 0 saturated carbocycles. The van der Waals surface area contributed by atoms with E-state index in [-0.39, 0.29) is 11.5 Å². The smallest absolute Gasteiger partial charge is 0.157 e. The standard InChI is InChI=1S/C15H17NO3/c1-10-4-2-3-5-12(10)16-9-15(19)11-6-7-13(17)14(18)8-11/h2-8,15-19H,9H2,1H3. The van der Waals surface area contributed by atoms with Crippen LogP contribution < -0.4 is 5.32 Å². The molecule has 0 fully saturated rings. The summed E-state index contributed by atoms with van der Waals surface area (Å²) in [5, 5.41) is 31.8. The second kappa shape index (κ2) is 5.63. The van der Waals surface area contributed by atoms with Gasteiger partial charge in [0.25, 0.3) is 0 Å². The van der Waals surface area contributed by atoms with Crippen LogP contribution >= 0.6 is 0 Å². The molecule has 0 bridgehead atoms. The molecule has 4 N–H and O–H groups in total. The van der Waals surface area contributed by atoms with Gasteiger partial charge in [-0.1, -0.05) is 24.3 Å². The molecule has 4 nitrogen and oxygen atoms in total. The van der Waals surface area contributed by atoms with Crippen LogP contribution in [0.2, 0.25) is 0 Å². The van der Waals surface area contributed by atoms with Gasteiger partial charge in [-0.2, -0.15) is 0 Å². The van der Waals surface area contributed by atoms with Crippen LogP contribution in [0.15, 0.2) is 42.5 Å². The Labute approximate surface area is 112 Å². The monoisotopic (exact) mass is 259 g/mol. The number of phenols is 2. The summed E-state index contributed by atoms with van der Waals surface area (Å²) in [4.78, 5) is 0. The van der Waals surface area contributed by atoms with Crippen LogP contribution in [-0.2, 0) is 0 Å². The Morgan fingerprint density at radius 3 is 2.47 bits per heavy atom. The third kappa shape index (κ3) is 3.17. The van der Waals surface area contributed by atoms with Gasteiger partial charge >= 0.3 is 0 Å². The van der Waals surface area contributed by atoms with Crippen molar-refractivity contribution in [2.75, 3.05) is 11.9 Å². The average molecular weight is 259 g/mol. The zero-order valence-electron chi connectivity index (χ0n) is 10.7. The van der Waals surface area contributed by atoms with Crippen LogP contribution in [0.5, 0.6) is 11.5 Å². The molecule has 0 amide bonds. The number of aliphatic hydroxyl groups is 1. The number of benzene rings is 2. The van der Waals surface area contributed by atoms with Crippen LogP contribution in [0.4, 0.5) is 5.69 Å². The molecular weight excluding hydrogens is 242 g/mol. The fourth-order valence-electron chi connectivity index (χ4n) is 1.84. The largest absolute Gasteiger partial charge is 0.504 e. The first-order valence-electron chi connectivity index (χ1n) is 6.07. The zero-order valence-corrected chi connectivity index (χ0v) is 10.7. The number of aryl methyl sites for hydroxylation is 1. The van der Waals surface area contributed by atoms with Crippen molar-refractivity contribution in [1.82, 2.24) is 0 Å². The number of rotatable bonds is 4. The number of hydrogen-bond acceptors (Lipinski definition) is 4. The van der Waals surface area contributed by atoms with Crippen LogP contribution in [0.1, 0.15) is 17.2 Å². The lowest BCUT2D eigenvalue weighted by Gasteiger charge is -2.15. The molecule has 0 aliphatic heterocycles. The predicted octanol–water partition coefficient (Wildman–Crippen LogP) is 2.55. The minimum Gasteiger partial charge on any atom is -0.504 e. The number of nitrogens with one attached hydrogen (secondary N) is 1. The Morgan fingerprint density at radius 1 is 1.05 bits per heavy atom. The number of anilines is 1. The van der Waals surface area contributed by atoms with Crippen molar-refractivity contribution < 1.29 is 15.3 Å². The van der Waals surface area contributed by atoms with E-state index < -0.39 is 6.10 Å². The SMILES string of the molecule is Cc1ccccc1NCC(O)c1ccc(O)c(O)c1. The van der Waals surface area contributed by atoms with Crippen LogP contribution in [0, 0.1) is 6.92 Å². The molecule has 19 heavy (non-hydrogen) atoms. The van der Waals surface area contributed by atoms with E-state index in [1.54, 1.807) is 6.07 Å². The summed E-state index contributed by atoms with van der Waals surface area (Å²) >= 11 is 0. The van der Waals surface area contributed by atoms with Gasteiger partial charge in [-0.05, 0) is 36.2 Å². The minimum absolute atomic E-state index is 0.192. The first-order valence-corrected chi connectivity index (χ1v) is 6.07. The molecule has 0 aliphatic rings. The molecule has 0 aliphatic carbocycles. The van der Waals surface area contributed by atoms with Crippen molar-refractivity contribution in [2.24, 2.45) is 0 Å². The van der Waals surface area contributed by atoms with E-state index in [2.05, 4.69) is 5.32 Å². The maximum atomic E-state index is 10.0.